The van der Waals surface area contributed by atoms with Crippen LogP contribution in [0.2, 0.25) is 0 Å². The molecular weight excluding hydrogens is 372 g/mol. The number of rotatable bonds is 4. The van der Waals surface area contributed by atoms with E-state index in [1.807, 2.05) is 24.8 Å². The van der Waals surface area contributed by atoms with Gasteiger partial charge in [-0.1, -0.05) is 0 Å². The van der Waals surface area contributed by atoms with Gasteiger partial charge in [0, 0.05) is 13.1 Å². The van der Waals surface area contributed by atoms with E-state index in [2.05, 4.69) is 16.1 Å². The molecule has 2 aromatic rings. The Balaban J connectivity index is 1.51. The van der Waals surface area contributed by atoms with Gasteiger partial charge in [0.15, 0.2) is 11.5 Å². The van der Waals surface area contributed by atoms with Crippen LogP contribution in [0.4, 0.5) is 0 Å². The molecule has 0 bridgehead atoms. The molecule has 4 rings (SSSR count). The summed E-state index contributed by atoms with van der Waals surface area (Å²) in [6.45, 7) is 5.90. The fraction of sp³-hybridized carbons (Fsp3) is 0.571. The third-order valence-electron chi connectivity index (χ3n) is 6.02. The van der Waals surface area contributed by atoms with E-state index in [0.29, 0.717) is 31.3 Å². The number of hydrogen-bond donors (Lipinski definition) is 0. The van der Waals surface area contributed by atoms with Gasteiger partial charge in [-0.15, -0.1) is 0 Å². The summed E-state index contributed by atoms with van der Waals surface area (Å²) in [7, 11) is 3.30. The van der Waals surface area contributed by atoms with Crippen molar-refractivity contribution in [2.45, 2.75) is 45.3 Å². The van der Waals surface area contributed by atoms with E-state index < -0.39 is 0 Å². The molecule has 0 saturated carbocycles. The van der Waals surface area contributed by atoms with Gasteiger partial charge in [-0.2, -0.15) is 5.10 Å². The topological polar surface area (TPSA) is 78.7 Å². The minimum Gasteiger partial charge on any atom is -0.493 e. The average molecular weight is 400 g/mol. The van der Waals surface area contributed by atoms with Crippen LogP contribution in [0.3, 0.4) is 0 Å². The van der Waals surface area contributed by atoms with Crippen LogP contribution < -0.4 is 9.47 Å². The van der Waals surface area contributed by atoms with Gasteiger partial charge in [0.25, 0.3) is 0 Å². The average Bonchev–Trinajstić information content (AvgIpc) is 3.04. The summed E-state index contributed by atoms with van der Waals surface area (Å²) in [6.07, 6.45) is 2.37. The van der Waals surface area contributed by atoms with Crippen LogP contribution in [-0.4, -0.2) is 59.5 Å². The number of benzene rings is 1. The number of aromatic nitrogens is 3. The van der Waals surface area contributed by atoms with Crippen LogP contribution in [0, 0.1) is 13.8 Å². The number of nitrogens with zero attached hydrogens (tertiary/aromatic N) is 4. The van der Waals surface area contributed by atoms with Gasteiger partial charge in [0.1, 0.15) is 18.2 Å². The zero-order valence-corrected chi connectivity index (χ0v) is 17.5. The maximum Gasteiger partial charge on any atom is 0.244 e. The minimum absolute atomic E-state index is 0.0659. The number of likely N-dealkylation sites (tertiary alicyclic amines) is 1. The first kappa shape index (κ1) is 19.7. The van der Waals surface area contributed by atoms with Crippen molar-refractivity contribution in [1.29, 1.82) is 0 Å². The number of fused-ring (bicyclic) bond motifs is 2. The second kappa shape index (κ2) is 7.67. The summed E-state index contributed by atoms with van der Waals surface area (Å²) in [4.78, 5) is 19.0. The molecule has 8 heteroatoms. The molecule has 1 spiro atoms. The Labute approximate surface area is 170 Å². The van der Waals surface area contributed by atoms with E-state index >= 15 is 0 Å². The Morgan fingerprint density at radius 2 is 1.86 bits per heavy atom. The molecule has 1 amide bonds. The van der Waals surface area contributed by atoms with Gasteiger partial charge in [-0.25, -0.2) is 9.67 Å². The molecule has 2 aliphatic heterocycles. The second-order valence-corrected chi connectivity index (χ2v) is 7.70. The van der Waals surface area contributed by atoms with Crippen molar-refractivity contribution in [3.05, 3.63) is 34.9 Å². The molecule has 8 nitrogen and oxygen atoms in total. The minimum atomic E-state index is -0.371. The molecule has 1 aromatic heterocycles. The van der Waals surface area contributed by atoms with E-state index in [1.165, 1.54) is 5.56 Å². The maximum absolute atomic E-state index is 12.8. The fourth-order valence-electron chi connectivity index (χ4n) is 4.46. The van der Waals surface area contributed by atoms with Crippen LogP contribution in [0.1, 0.15) is 35.6 Å². The highest BCUT2D eigenvalue weighted by atomic mass is 16.5. The first-order valence-corrected chi connectivity index (χ1v) is 10.0. The predicted octanol–water partition coefficient (Wildman–Crippen LogP) is 2.00. The summed E-state index contributed by atoms with van der Waals surface area (Å²) in [5.41, 5.74) is 2.03. The third-order valence-corrected chi connectivity index (χ3v) is 6.02. The Morgan fingerprint density at radius 3 is 2.48 bits per heavy atom. The summed E-state index contributed by atoms with van der Waals surface area (Å²) < 4.78 is 19.0. The van der Waals surface area contributed by atoms with Crippen LogP contribution in [0.15, 0.2) is 12.1 Å². The zero-order chi connectivity index (χ0) is 20.6. The van der Waals surface area contributed by atoms with E-state index in [4.69, 9.17) is 14.2 Å². The molecule has 0 aliphatic carbocycles. The van der Waals surface area contributed by atoms with Crippen LogP contribution in [0.5, 0.6) is 11.5 Å². The predicted molar refractivity (Wildman–Crippen MR) is 106 cm³/mol. The lowest BCUT2D eigenvalue weighted by molar-refractivity contribution is -0.141. The highest BCUT2D eigenvalue weighted by Gasteiger charge is 2.42. The van der Waals surface area contributed by atoms with Crippen molar-refractivity contribution in [3.8, 4) is 11.5 Å². The van der Waals surface area contributed by atoms with E-state index in [9.17, 15) is 4.79 Å². The summed E-state index contributed by atoms with van der Waals surface area (Å²) in [5.74, 6) is 2.97. The molecule has 1 aromatic carbocycles. The molecule has 0 unspecified atom stereocenters. The lowest BCUT2D eigenvalue weighted by Gasteiger charge is -2.45. The molecule has 1 fully saturated rings. The normalized spacial score (nSPS) is 17.9. The summed E-state index contributed by atoms with van der Waals surface area (Å²) >= 11 is 0. The van der Waals surface area contributed by atoms with Gasteiger partial charge in [0.05, 0.1) is 26.4 Å². The molecule has 29 heavy (non-hydrogen) atoms. The van der Waals surface area contributed by atoms with Crippen molar-refractivity contribution in [2.24, 2.45) is 0 Å². The Kier molecular flexibility index (Phi) is 5.21. The Bertz CT molecular complexity index is 916. The molecular formula is C21H28N4O4. The lowest BCUT2D eigenvalue weighted by atomic mass is 9.79. The van der Waals surface area contributed by atoms with Crippen molar-refractivity contribution in [2.75, 3.05) is 33.9 Å². The van der Waals surface area contributed by atoms with Crippen molar-refractivity contribution >= 4 is 5.91 Å². The zero-order valence-electron chi connectivity index (χ0n) is 17.5. The third kappa shape index (κ3) is 3.57. The van der Waals surface area contributed by atoms with Crippen LogP contribution in [-0.2, 0) is 28.1 Å². The van der Waals surface area contributed by atoms with Crippen molar-refractivity contribution in [3.63, 3.8) is 0 Å². The Morgan fingerprint density at radius 1 is 1.17 bits per heavy atom. The smallest absolute Gasteiger partial charge is 0.244 e. The quantitative estimate of drug-likeness (QED) is 0.781. The fourth-order valence-corrected chi connectivity index (χ4v) is 4.46. The first-order chi connectivity index (χ1) is 14.0. The van der Waals surface area contributed by atoms with Crippen LogP contribution >= 0.6 is 0 Å². The SMILES string of the molecule is COc1cc2c(cc1OC)C1(CCN(C(=O)Cn3nc(C)nc3C)CC1)OCC2. The number of aryl methyl sites for hydroxylation is 2. The molecule has 0 N–H and O–H groups in total. The number of hydrogen-bond acceptors (Lipinski definition) is 6. The number of piperidine rings is 1. The van der Waals surface area contributed by atoms with Crippen molar-refractivity contribution < 1.29 is 19.0 Å². The number of carbonyl (C=O) groups excluding carboxylic acids is 1. The lowest BCUT2D eigenvalue weighted by Crippen LogP contribution is -2.49. The van der Waals surface area contributed by atoms with E-state index in [0.717, 1.165) is 36.4 Å². The molecule has 0 atom stereocenters. The maximum atomic E-state index is 12.8. The van der Waals surface area contributed by atoms with Crippen LogP contribution in [0.25, 0.3) is 0 Å². The first-order valence-electron chi connectivity index (χ1n) is 10.0. The van der Waals surface area contributed by atoms with Gasteiger partial charge in [0.2, 0.25) is 5.91 Å². The number of methoxy groups -OCH3 is 2. The largest absolute Gasteiger partial charge is 0.493 e. The molecule has 2 aliphatic rings. The molecule has 3 heterocycles. The van der Waals surface area contributed by atoms with Gasteiger partial charge >= 0.3 is 0 Å². The number of ether oxygens (including phenoxy) is 3. The van der Waals surface area contributed by atoms with Gasteiger partial charge in [-0.3, -0.25) is 4.79 Å². The van der Waals surface area contributed by atoms with E-state index in [1.54, 1.807) is 18.9 Å². The van der Waals surface area contributed by atoms with E-state index in [-0.39, 0.29) is 18.1 Å². The van der Waals surface area contributed by atoms with Crippen molar-refractivity contribution in [1.82, 2.24) is 19.7 Å². The standard InChI is InChI=1S/C21H28N4O4/c1-14-22-15(2)25(23-14)13-20(26)24-8-6-21(7-9-24)17-12-19(28-4)18(27-3)11-16(17)5-10-29-21/h11-12H,5-10,13H2,1-4H3. The number of carbonyl (C=O) groups is 1. The highest BCUT2D eigenvalue weighted by molar-refractivity contribution is 5.76. The molecule has 1 saturated heterocycles. The Hall–Kier alpha value is -2.61. The summed E-state index contributed by atoms with van der Waals surface area (Å²) in [6, 6.07) is 4.11. The summed E-state index contributed by atoms with van der Waals surface area (Å²) in [5, 5.41) is 4.30. The molecule has 0 radical (unpaired) electrons. The monoisotopic (exact) mass is 400 g/mol. The second-order valence-electron chi connectivity index (χ2n) is 7.70. The molecule has 156 valence electrons. The van der Waals surface area contributed by atoms with Gasteiger partial charge in [-0.05, 0) is 56.4 Å². The highest BCUT2D eigenvalue weighted by Crippen LogP contribution is 2.45. The number of amides is 1. The van der Waals surface area contributed by atoms with Gasteiger partial charge < -0.3 is 19.1 Å².